The number of hydrogen-bond acceptors (Lipinski definition) is 5. The number of nitrogens with one attached hydrogen (secondary N) is 1. The van der Waals surface area contributed by atoms with Crippen molar-refractivity contribution in [1.29, 1.82) is 0 Å². The number of aromatic hydroxyl groups is 1. The van der Waals surface area contributed by atoms with Gasteiger partial charge in [0.1, 0.15) is 12.6 Å². The number of methoxy groups -OCH3 is 1. The lowest BCUT2D eigenvalue weighted by Gasteiger charge is -2.16. The fraction of sp³-hybridized carbons (Fsp3) is 0.222. The maximum atomic E-state index is 11.9. The summed E-state index contributed by atoms with van der Waals surface area (Å²) in [7, 11) is 1.41. The Balaban J connectivity index is 2.00. The molecule has 0 aliphatic rings. The van der Waals surface area contributed by atoms with Gasteiger partial charge in [-0.3, -0.25) is 0 Å². The molecule has 0 aromatic heterocycles. The topological polar surface area (TPSA) is 105 Å². The van der Waals surface area contributed by atoms with Crippen molar-refractivity contribution in [2.24, 2.45) is 0 Å². The number of carboxylic acid groups (broad SMARTS) is 1. The highest BCUT2D eigenvalue weighted by Gasteiger charge is 2.22. The van der Waals surface area contributed by atoms with Gasteiger partial charge in [-0.15, -0.1) is 0 Å². The first-order valence-corrected chi connectivity index (χ1v) is 8.45. The van der Waals surface area contributed by atoms with E-state index in [-0.39, 0.29) is 24.5 Å². The first kappa shape index (κ1) is 19.6. The Labute approximate surface area is 158 Å². The number of alkyl carbamates (subject to hydrolysis) is 1. The van der Waals surface area contributed by atoms with Gasteiger partial charge in [0.2, 0.25) is 0 Å². The molecule has 3 N–H and O–H groups in total. The van der Waals surface area contributed by atoms with Crippen LogP contribution in [-0.2, 0) is 22.6 Å². The van der Waals surface area contributed by atoms with Crippen molar-refractivity contribution in [3.63, 3.8) is 0 Å². The van der Waals surface area contributed by atoms with Crippen molar-refractivity contribution in [1.82, 2.24) is 5.32 Å². The smallest absolute Gasteiger partial charge is 0.408 e. The minimum absolute atomic E-state index is 0.0356. The van der Waals surface area contributed by atoms with E-state index in [1.165, 1.54) is 13.2 Å². The van der Waals surface area contributed by atoms with Gasteiger partial charge in [0, 0.05) is 6.42 Å². The van der Waals surface area contributed by atoms with E-state index in [0.29, 0.717) is 10.0 Å². The largest absolute Gasteiger partial charge is 0.504 e. The van der Waals surface area contributed by atoms with Gasteiger partial charge in [-0.2, -0.15) is 0 Å². The van der Waals surface area contributed by atoms with Crippen LogP contribution in [0.2, 0.25) is 0 Å². The lowest BCUT2D eigenvalue weighted by atomic mass is 10.1. The van der Waals surface area contributed by atoms with Crippen LogP contribution >= 0.6 is 15.9 Å². The van der Waals surface area contributed by atoms with Gasteiger partial charge in [-0.05, 0) is 39.2 Å². The zero-order chi connectivity index (χ0) is 19.1. The van der Waals surface area contributed by atoms with Crippen molar-refractivity contribution in [2.75, 3.05) is 7.11 Å². The summed E-state index contributed by atoms with van der Waals surface area (Å²) in [5, 5.41) is 21.6. The second kappa shape index (κ2) is 9.10. The van der Waals surface area contributed by atoms with E-state index in [0.717, 1.165) is 5.56 Å². The molecule has 0 unspecified atom stereocenters. The predicted molar refractivity (Wildman–Crippen MR) is 97.2 cm³/mol. The summed E-state index contributed by atoms with van der Waals surface area (Å²) in [6.45, 7) is 0.0356. The number of carbonyl (C=O) groups excluding carboxylic acids is 1. The first-order chi connectivity index (χ1) is 12.4. The summed E-state index contributed by atoms with van der Waals surface area (Å²) in [4.78, 5) is 23.3. The quantitative estimate of drug-likeness (QED) is 0.631. The molecular formula is C18H18BrNO6. The number of amides is 1. The number of hydrogen-bond donors (Lipinski definition) is 3. The predicted octanol–water partition coefficient (Wildman–Crippen LogP) is 3.09. The SMILES string of the molecule is COc1c(O)cc(C[C@H](NC(=O)OCc2ccccc2)C(=O)O)cc1Br. The number of aliphatic carboxylic acids is 1. The van der Waals surface area contributed by atoms with Crippen molar-refractivity contribution >= 4 is 28.0 Å². The maximum Gasteiger partial charge on any atom is 0.408 e. The molecule has 26 heavy (non-hydrogen) atoms. The summed E-state index contributed by atoms with van der Waals surface area (Å²) in [5.74, 6) is -1.10. The average Bonchev–Trinajstić information content (AvgIpc) is 2.60. The molecule has 1 atom stereocenters. The Morgan fingerprint density at radius 1 is 1.19 bits per heavy atom. The number of ether oxygens (including phenoxy) is 2. The molecule has 138 valence electrons. The number of phenols is 1. The fourth-order valence-electron chi connectivity index (χ4n) is 2.30. The van der Waals surface area contributed by atoms with Crippen LogP contribution in [0.4, 0.5) is 4.79 Å². The molecular weight excluding hydrogens is 406 g/mol. The normalized spacial score (nSPS) is 11.5. The van der Waals surface area contributed by atoms with Crippen LogP contribution in [0.15, 0.2) is 46.9 Å². The Morgan fingerprint density at radius 3 is 2.46 bits per heavy atom. The van der Waals surface area contributed by atoms with E-state index in [4.69, 9.17) is 9.47 Å². The summed E-state index contributed by atoms with van der Waals surface area (Å²) in [6.07, 6.45) is -0.871. The van der Waals surface area contributed by atoms with Crippen LogP contribution < -0.4 is 10.1 Å². The van der Waals surface area contributed by atoms with Gasteiger partial charge in [0.05, 0.1) is 11.6 Å². The zero-order valence-corrected chi connectivity index (χ0v) is 15.5. The summed E-state index contributed by atoms with van der Waals surface area (Å²) < 4.78 is 10.5. The van der Waals surface area contributed by atoms with E-state index in [2.05, 4.69) is 21.2 Å². The zero-order valence-electron chi connectivity index (χ0n) is 13.9. The Kier molecular flexibility index (Phi) is 6.85. The molecule has 0 aliphatic carbocycles. The molecule has 0 aliphatic heterocycles. The fourth-order valence-corrected chi connectivity index (χ4v) is 2.96. The number of rotatable bonds is 7. The highest BCUT2D eigenvalue weighted by Crippen LogP contribution is 2.35. The third kappa shape index (κ3) is 5.38. The molecule has 7 nitrogen and oxygen atoms in total. The van der Waals surface area contributed by atoms with Gasteiger partial charge >= 0.3 is 12.1 Å². The third-order valence-corrected chi connectivity index (χ3v) is 4.12. The lowest BCUT2D eigenvalue weighted by molar-refractivity contribution is -0.139. The van der Waals surface area contributed by atoms with Gasteiger partial charge in [-0.25, -0.2) is 9.59 Å². The molecule has 2 aromatic rings. The minimum atomic E-state index is -1.21. The molecule has 0 spiro atoms. The van der Waals surface area contributed by atoms with Gasteiger partial charge < -0.3 is 25.0 Å². The number of carboxylic acids is 1. The molecule has 1 amide bonds. The van der Waals surface area contributed by atoms with Gasteiger partial charge in [-0.1, -0.05) is 30.3 Å². The van der Waals surface area contributed by atoms with E-state index in [9.17, 15) is 19.8 Å². The van der Waals surface area contributed by atoms with Crippen LogP contribution in [0.3, 0.4) is 0 Å². The highest BCUT2D eigenvalue weighted by atomic mass is 79.9. The number of benzene rings is 2. The van der Waals surface area contributed by atoms with Crippen molar-refractivity contribution in [2.45, 2.75) is 19.1 Å². The summed E-state index contributed by atoms with van der Waals surface area (Å²) in [6, 6.07) is 10.8. The molecule has 0 saturated heterocycles. The number of carbonyl (C=O) groups is 2. The van der Waals surface area contributed by atoms with Crippen molar-refractivity contribution in [3.05, 3.63) is 58.1 Å². The molecule has 0 radical (unpaired) electrons. The molecule has 0 saturated carbocycles. The lowest BCUT2D eigenvalue weighted by Crippen LogP contribution is -2.42. The summed E-state index contributed by atoms with van der Waals surface area (Å²) >= 11 is 3.24. The molecule has 0 fully saturated rings. The molecule has 2 rings (SSSR count). The standard InChI is InChI=1S/C18H18BrNO6/c1-25-16-13(19)7-12(9-15(16)21)8-14(17(22)23)20-18(24)26-10-11-5-3-2-4-6-11/h2-7,9,14,21H,8,10H2,1H3,(H,20,24)(H,22,23)/t14-/m0/s1. The van der Waals surface area contributed by atoms with E-state index >= 15 is 0 Å². The van der Waals surface area contributed by atoms with E-state index < -0.39 is 18.1 Å². The van der Waals surface area contributed by atoms with Crippen LogP contribution in [0.5, 0.6) is 11.5 Å². The van der Waals surface area contributed by atoms with Crippen LogP contribution in [0.25, 0.3) is 0 Å². The Morgan fingerprint density at radius 2 is 1.88 bits per heavy atom. The van der Waals surface area contributed by atoms with Crippen LogP contribution in [0, 0.1) is 0 Å². The first-order valence-electron chi connectivity index (χ1n) is 7.66. The molecule has 0 heterocycles. The Bertz CT molecular complexity index is 758. The number of phenolic OH excluding ortho intramolecular Hbond substituents is 1. The highest BCUT2D eigenvalue weighted by molar-refractivity contribution is 9.10. The van der Waals surface area contributed by atoms with Gasteiger partial charge in [0.15, 0.2) is 11.5 Å². The summed E-state index contributed by atoms with van der Waals surface area (Å²) in [5.41, 5.74) is 1.30. The molecule has 2 aromatic carbocycles. The second-order valence-corrected chi connectivity index (χ2v) is 6.29. The van der Waals surface area contributed by atoms with E-state index in [1.807, 2.05) is 18.2 Å². The Hall–Kier alpha value is -2.74. The molecule has 0 bridgehead atoms. The van der Waals surface area contributed by atoms with Crippen LogP contribution in [-0.4, -0.2) is 35.4 Å². The van der Waals surface area contributed by atoms with E-state index in [1.54, 1.807) is 18.2 Å². The molecule has 8 heteroatoms. The second-order valence-electron chi connectivity index (χ2n) is 5.43. The maximum absolute atomic E-state index is 11.9. The van der Waals surface area contributed by atoms with Crippen LogP contribution in [0.1, 0.15) is 11.1 Å². The third-order valence-electron chi connectivity index (χ3n) is 3.53. The number of halogens is 1. The average molecular weight is 424 g/mol. The van der Waals surface area contributed by atoms with Crippen molar-refractivity contribution < 1.29 is 29.3 Å². The monoisotopic (exact) mass is 423 g/mol. The minimum Gasteiger partial charge on any atom is -0.504 e. The van der Waals surface area contributed by atoms with Gasteiger partial charge in [0.25, 0.3) is 0 Å². The van der Waals surface area contributed by atoms with Crippen molar-refractivity contribution in [3.8, 4) is 11.5 Å².